The average Bonchev–Trinajstić information content (AvgIpc) is 2.95. The maximum atomic E-state index is 12.6. The molecule has 2 aromatic carbocycles. The number of ether oxygens (including phenoxy) is 1. The van der Waals surface area contributed by atoms with E-state index in [1.807, 2.05) is 26.0 Å². The van der Waals surface area contributed by atoms with E-state index in [0.717, 1.165) is 17.3 Å². The van der Waals surface area contributed by atoms with Gasteiger partial charge in [-0.1, -0.05) is 53.9 Å². The van der Waals surface area contributed by atoms with E-state index in [0.29, 0.717) is 37.7 Å². The molecule has 1 atom stereocenters. The quantitative estimate of drug-likeness (QED) is 0.424. The Balaban J connectivity index is 1.78. The van der Waals surface area contributed by atoms with Crippen LogP contribution in [0.15, 0.2) is 41.3 Å². The van der Waals surface area contributed by atoms with Crippen molar-refractivity contribution in [1.82, 2.24) is 4.90 Å². The first-order chi connectivity index (χ1) is 13.8. The van der Waals surface area contributed by atoms with E-state index < -0.39 is 0 Å². The predicted octanol–water partition coefficient (Wildman–Crippen LogP) is 7.06. The van der Waals surface area contributed by atoms with Gasteiger partial charge in [0.1, 0.15) is 6.61 Å². The van der Waals surface area contributed by atoms with Crippen LogP contribution in [0.1, 0.15) is 31.4 Å². The number of hydrogen-bond donors (Lipinski definition) is 0. The zero-order valence-electron chi connectivity index (χ0n) is 15.7. The fourth-order valence-corrected chi connectivity index (χ4v) is 4.40. The van der Waals surface area contributed by atoms with Gasteiger partial charge in [0.2, 0.25) is 0 Å². The number of halogens is 3. The van der Waals surface area contributed by atoms with Gasteiger partial charge in [-0.05, 0) is 66.6 Å². The molecule has 8 heteroatoms. The molecule has 2 aromatic rings. The van der Waals surface area contributed by atoms with E-state index >= 15 is 0 Å². The van der Waals surface area contributed by atoms with Gasteiger partial charge >= 0.3 is 0 Å². The maximum absolute atomic E-state index is 12.6. The standard InChI is InChI=1S/C21H18Cl3NO3S/c1-3-12(2)25-20(26)18(29-21(25)27)10-14-8-16(23)19(17(24)9-14)28-11-13-4-6-15(22)7-5-13/h4-10,12H,3,11H2,1-2H3/b18-10+. The van der Waals surface area contributed by atoms with Gasteiger partial charge in [0.15, 0.2) is 5.75 Å². The molecule has 0 aliphatic carbocycles. The van der Waals surface area contributed by atoms with Crippen LogP contribution in [-0.4, -0.2) is 22.1 Å². The van der Waals surface area contributed by atoms with Crippen molar-refractivity contribution in [3.05, 3.63) is 67.5 Å². The molecule has 0 N–H and O–H groups in total. The highest BCUT2D eigenvalue weighted by Gasteiger charge is 2.37. The Morgan fingerprint density at radius 2 is 1.72 bits per heavy atom. The minimum atomic E-state index is -0.301. The summed E-state index contributed by atoms with van der Waals surface area (Å²) in [7, 11) is 0. The van der Waals surface area contributed by atoms with Crippen LogP contribution >= 0.6 is 46.6 Å². The van der Waals surface area contributed by atoms with Gasteiger partial charge in [-0.2, -0.15) is 0 Å². The number of carbonyl (C=O) groups is 2. The number of carbonyl (C=O) groups excluding carboxylic acids is 2. The van der Waals surface area contributed by atoms with Crippen molar-refractivity contribution in [3.63, 3.8) is 0 Å². The van der Waals surface area contributed by atoms with Crippen LogP contribution in [-0.2, 0) is 11.4 Å². The molecule has 152 valence electrons. The minimum Gasteiger partial charge on any atom is -0.486 e. The predicted molar refractivity (Wildman–Crippen MR) is 120 cm³/mol. The molecule has 2 amide bonds. The summed E-state index contributed by atoms with van der Waals surface area (Å²) in [5.41, 5.74) is 1.54. The molecule has 1 fully saturated rings. The zero-order chi connectivity index (χ0) is 21.1. The first-order valence-corrected chi connectivity index (χ1v) is 10.9. The van der Waals surface area contributed by atoms with Crippen LogP contribution in [0.25, 0.3) is 6.08 Å². The molecule has 0 spiro atoms. The molecule has 1 unspecified atom stereocenters. The van der Waals surface area contributed by atoms with Gasteiger partial charge in [-0.25, -0.2) is 0 Å². The zero-order valence-corrected chi connectivity index (χ0v) is 18.8. The number of imide groups is 1. The van der Waals surface area contributed by atoms with E-state index in [2.05, 4.69) is 0 Å². The Morgan fingerprint density at radius 3 is 2.31 bits per heavy atom. The lowest BCUT2D eigenvalue weighted by molar-refractivity contribution is -0.124. The van der Waals surface area contributed by atoms with Crippen LogP contribution in [0.3, 0.4) is 0 Å². The number of amides is 2. The molecule has 0 saturated carbocycles. The smallest absolute Gasteiger partial charge is 0.293 e. The fourth-order valence-electron chi connectivity index (χ4n) is 2.73. The van der Waals surface area contributed by atoms with Crippen molar-refractivity contribution < 1.29 is 14.3 Å². The van der Waals surface area contributed by atoms with Gasteiger partial charge in [-0.15, -0.1) is 0 Å². The third kappa shape index (κ3) is 5.10. The highest BCUT2D eigenvalue weighted by Crippen LogP contribution is 2.38. The summed E-state index contributed by atoms with van der Waals surface area (Å²) in [6.07, 6.45) is 2.32. The van der Waals surface area contributed by atoms with Crippen LogP contribution in [0.2, 0.25) is 15.1 Å². The molecule has 1 aliphatic rings. The van der Waals surface area contributed by atoms with Crippen LogP contribution < -0.4 is 4.74 Å². The molecule has 3 rings (SSSR count). The van der Waals surface area contributed by atoms with E-state index in [1.54, 1.807) is 30.3 Å². The van der Waals surface area contributed by atoms with E-state index in [4.69, 9.17) is 39.5 Å². The summed E-state index contributed by atoms with van der Waals surface area (Å²) >= 11 is 19.5. The van der Waals surface area contributed by atoms with E-state index in [1.165, 1.54) is 4.90 Å². The third-order valence-corrected chi connectivity index (χ3v) is 6.17. The number of benzene rings is 2. The van der Waals surface area contributed by atoms with Gasteiger partial charge in [0.05, 0.1) is 15.0 Å². The second kappa shape index (κ2) is 9.43. The molecule has 0 aromatic heterocycles. The SMILES string of the molecule is CCC(C)N1C(=O)S/C(=C/c2cc(Cl)c(OCc3ccc(Cl)cc3)c(Cl)c2)C1=O. The highest BCUT2D eigenvalue weighted by atomic mass is 35.5. The molecule has 1 aliphatic heterocycles. The summed E-state index contributed by atoms with van der Waals surface area (Å²) in [6, 6.07) is 10.4. The summed E-state index contributed by atoms with van der Waals surface area (Å²) < 4.78 is 5.76. The van der Waals surface area contributed by atoms with E-state index in [9.17, 15) is 9.59 Å². The van der Waals surface area contributed by atoms with Crippen molar-refractivity contribution in [2.75, 3.05) is 0 Å². The number of rotatable bonds is 6. The van der Waals surface area contributed by atoms with Crippen molar-refractivity contribution in [1.29, 1.82) is 0 Å². The number of hydrogen-bond acceptors (Lipinski definition) is 4. The first-order valence-electron chi connectivity index (χ1n) is 8.93. The minimum absolute atomic E-state index is 0.149. The topological polar surface area (TPSA) is 46.6 Å². The fraction of sp³-hybridized carbons (Fsp3) is 0.238. The molecule has 1 saturated heterocycles. The molecule has 29 heavy (non-hydrogen) atoms. The largest absolute Gasteiger partial charge is 0.486 e. The Hall–Kier alpha value is -1.66. The second-order valence-corrected chi connectivity index (χ2v) is 8.78. The molecular weight excluding hydrogens is 453 g/mol. The van der Waals surface area contributed by atoms with Gasteiger partial charge in [0, 0.05) is 11.1 Å². The Morgan fingerprint density at radius 1 is 1.10 bits per heavy atom. The highest BCUT2D eigenvalue weighted by molar-refractivity contribution is 8.18. The summed E-state index contributed by atoms with van der Waals surface area (Å²) in [4.78, 5) is 26.3. The molecule has 4 nitrogen and oxygen atoms in total. The van der Waals surface area contributed by atoms with Gasteiger partial charge in [-0.3, -0.25) is 14.5 Å². The molecular formula is C21H18Cl3NO3S. The van der Waals surface area contributed by atoms with E-state index in [-0.39, 0.29) is 23.8 Å². The lowest BCUT2D eigenvalue weighted by atomic mass is 10.2. The first kappa shape index (κ1) is 22.0. The summed E-state index contributed by atoms with van der Waals surface area (Å²) in [5.74, 6) is 0.0535. The lowest BCUT2D eigenvalue weighted by Crippen LogP contribution is -2.36. The lowest BCUT2D eigenvalue weighted by Gasteiger charge is -2.19. The van der Waals surface area contributed by atoms with Crippen molar-refractivity contribution >= 4 is 63.8 Å². The Bertz CT molecular complexity index is 953. The van der Waals surface area contributed by atoms with Gasteiger partial charge in [0.25, 0.3) is 11.1 Å². The number of thioether (sulfide) groups is 1. The van der Waals surface area contributed by atoms with Crippen LogP contribution in [0.5, 0.6) is 5.75 Å². The molecule has 0 bridgehead atoms. The second-order valence-electron chi connectivity index (χ2n) is 6.54. The van der Waals surface area contributed by atoms with Crippen LogP contribution in [0.4, 0.5) is 4.79 Å². The Kier molecular flexibility index (Phi) is 7.17. The van der Waals surface area contributed by atoms with Gasteiger partial charge < -0.3 is 4.74 Å². The maximum Gasteiger partial charge on any atom is 0.293 e. The summed E-state index contributed by atoms with van der Waals surface area (Å²) in [5, 5.41) is 1.01. The monoisotopic (exact) mass is 469 g/mol. The van der Waals surface area contributed by atoms with Crippen molar-refractivity contribution in [2.45, 2.75) is 32.9 Å². The number of nitrogens with zero attached hydrogens (tertiary/aromatic N) is 1. The Labute approximate surface area is 188 Å². The summed E-state index contributed by atoms with van der Waals surface area (Å²) in [6.45, 7) is 4.06. The average molecular weight is 471 g/mol. The third-order valence-electron chi connectivity index (χ3n) is 4.47. The normalized spacial score (nSPS) is 16.6. The van der Waals surface area contributed by atoms with Crippen molar-refractivity contribution in [3.8, 4) is 5.75 Å². The molecule has 1 heterocycles. The molecule has 0 radical (unpaired) electrons. The van der Waals surface area contributed by atoms with Crippen molar-refractivity contribution in [2.24, 2.45) is 0 Å². The van der Waals surface area contributed by atoms with Crippen LogP contribution in [0, 0.1) is 0 Å².